The third-order valence-electron chi connectivity index (χ3n) is 3.72. The van der Waals surface area contributed by atoms with Gasteiger partial charge in [0.2, 0.25) is 0 Å². The lowest BCUT2D eigenvalue weighted by molar-refractivity contribution is -0.168. The molecule has 1 aliphatic heterocycles. The van der Waals surface area contributed by atoms with E-state index >= 15 is 0 Å². The van der Waals surface area contributed by atoms with Crippen LogP contribution in [0.15, 0.2) is 0 Å². The topological polar surface area (TPSA) is 110 Å². The van der Waals surface area contributed by atoms with Crippen LogP contribution in [-0.4, -0.2) is 51.5 Å². The molecule has 6 nitrogen and oxygen atoms in total. The van der Waals surface area contributed by atoms with Gasteiger partial charge in [0.25, 0.3) is 0 Å². The number of aliphatic hydroxyl groups is 1. The van der Waals surface area contributed by atoms with E-state index in [9.17, 15) is 9.90 Å². The lowest BCUT2D eigenvalue weighted by Crippen LogP contribution is -2.73. The van der Waals surface area contributed by atoms with Crippen LogP contribution >= 0.6 is 0 Å². The lowest BCUT2D eigenvalue weighted by atomic mass is 9.60. The van der Waals surface area contributed by atoms with Crippen LogP contribution in [0.4, 0.5) is 0 Å². The molecule has 0 aromatic carbocycles. The third kappa shape index (κ3) is 2.79. The minimum absolute atomic E-state index is 0.185. The summed E-state index contributed by atoms with van der Waals surface area (Å²) in [6.45, 7) is 3.62. The van der Waals surface area contributed by atoms with Gasteiger partial charge in [0, 0.05) is 12.0 Å². The fraction of sp³-hybridized carbons (Fsp3) is 0.900. The summed E-state index contributed by atoms with van der Waals surface area (Å²) in [5.74, 6) is -0.983. The maximum atomic E-state index is 11.1. The van der Waals surface area contributed by atoms with Gasteiger partial charge >= 0.3 is 13.1 Å². The number of carbonyl (C=O) groups is 1. The van der Waals surface area contributed by atoms with E-state index < -0.39 is 30.1 Å². The summed E-state index contributed by atoms with van der Waals surface area (Å²) >= 11 is 0. The molecule has 1 heterocycles. The van der Waals surface area contributed by atoms with Crippen LogP contribution in [0.25, 0.3) is 0 Å². The minimum Gasteiger partial charge on any atom is -0.480 e. The molecule has 2 atom stereocenters. The number of rotatable bonds is 6. The maximum absolute atomic E-state index is 11.1. The first kappa shape index (κ1) is 14.4. The van der Waals surface area contributed by atoms with Gasteiger partial charge in [0.1, 0.15) is 6.04 Å². The zero-order valence-electron chi connectivity index (χ0n) is 10.2. The minimum atomic E-state index is -1.38. The molecule has 0 radical (unpaired) electrons. The van der Waals surface area contributed by atoms with Crippen LogP contribution in [-0.2, 0) is 4.79 Å². The normalized spacial score (nSPS) is 28.6. The average Bonchev–Trinajstić information content (AvgIpc) is 2.06. The zero-order valence-corrected chi connectivity index (χ0v) is 10.2. The lowest BCUT2D eigenvalue weighted by Gasteiger charge is -2.55. The van der Waals surface area contributed by atoms with Gasteiger partial charge in [-0.05, 0) is 26.6 Å². The second kappa shape index (κ2) is 4.93. The Bertz CT molecular complexity index is 291. The fourth-order valence-corrected chi connectivity index (χ4v) is 2.48. The van der Waals surface area contributed by atoms with Gasteiger partial charge in [-0.3, -0.25) is 4.79 Å². The van der Waals surface area contributed by atoms with Gasteiger partial charge in [0.05, 0.1) is 5.60 Å². The molecule has 2 unspecified atom stereocenters. The van der Waals surface area contributed by atoms with Crippen molar-refractivity contribution in [3.8, 4) is 0 Å². The van der Waals surface area contributed by atoms with Crippen LogP contribution in [0, 0.1) is 5.41 Å². The summed E-state index contributed by atoms with van der Waals surface area (Å²) in [7, 11) is -1.38. The second-order valence-corrected chi connectivity index (χ2v) is 5.24. The standard InChI is InChI=1S/C10H20BNO5/c1-9(2,15)10(4-3-5-11(16)17)6-12-7(10)8(13)14/h7,12,15-17H,3-6H2,1-2H3,(H,13,14). The van der Waals surface area contributed by atoms with Gasteiger partial charge in [0.15, 0.2) is 0 Å². The van der Waals surface area contributed by atoms with Crippen LogP contribution in [0.5, 0.6) is 0 Å². The van der Waals surface area contributed by atoms with Crippen LogP contribution in [0.3, 0.4) is 0 Å². The van der Waals surface area contributed by atoms with E-state index in [-0.39, 0.29) is 6.32 Å². The Labute approximate surface area is 101 Å². The largest absolute Gasteiger partial charge is 0.480 e. The first-order chi connectivity index (χ1) is 7.71. The Morgan fingerprint density at radius 1 is 1.53 bits per heavy atom. The highest BCUT2D eigenvalue weighted by Crippen LogP contribution is 2.44. The van der Waals surface area contributed by atoms with Crippen molar-refractivity contribution in [3.05, 3.63) is 0 Å². The van der Waals surface area contributed by atoms with Crippen molar-refractivity contribution in [1.82, 2.24) is 5.32 Å². The Balaban J connectivity index is 2.72. The number of aliphatic carboxylic acids is 1. The summed E-state index contributed by atoms with van der Waals surface area (Å²) in [4.78, 5) is 11.1. The number of hydrogen-bond donors (Lipinski definition) is 5. The zero-order chi connectivity index (χ0) is 13.3. The Morgan fingerprint density at radius 3 is 2.41 bits per heavy atom. The first-order valence-electron chi connectivity index (χ1n) is 5.75. The number of hydrogen-bond acceptors (Lipinski definition) is 5. The molecular formula is C10H20BNO5. The highest BCUT2D eigenvalue weighted by molar-refractivity contribution is 6.40. The van der Waals surface area contributed by atoms with Crippen molar-refractivity contribution >= 4 is 13.1 Å². The summed E-state index contributed by atoms with van der Waals surface area (Å²) in [5.41, 5.74) is -1.87. The molecule has 17 heavy (non-hydrogen) atoms. The van der Waals surface area contributed by atoms with Crippen molar-refractivity contribution in [2.45, 2.75) is 44.7 Å². The quantitative estimate of drug-likeness (QED) is 0.386. The van der Waals surface area contributed by atoms with E-state index in [2.05, 4.69) is 5.32 Å². The van der Waals surface area contributed by atoms with Crippen molar-refractivity contribution in [3.63, 3.8) is 0 Å². The maximum Gasteiger partial charge on any atom is 0.451 e. The van der Waals surface area contributed by atoms with Gasteiger partial charge in [-0.1, -0.05) is 6.42 Å². The molecule has 0 spiro atoms. The SMILES string of the molecule is CC(C)(O)C1(CCCB(O)O)CNC1C(=O)O. The smallest absolute Gasteiger partial charge is 0.451 e. The van der Waals surface area contributed by atoms with Crippen molar-refractivity contribution < 1.29 is 25.1 Å². The molecule has 5 N–H and O–H groups in total. The summed E-state index contributed by atoms with van der Waals surface area (Å²) < 4.78 is 0. The van der Waals surface area contributed by atoms with Gasteiger partial charge in [-0.15, -0.1) is 0 Å². The van der Waals surface area contributed by atoms with Crippen LogP contribution in [0.1, 0.15) is 26.7 Å². The molecule has 1 aliphatic rings. The Morgan fingerprint density at radius 2 is 2.12 bits per heavy atom. The van der Waals surface area contributed by atoms with E-state index in [4.69, 9.17) is 15.2 Å². The van der Waals surface area contributed by atoms with Gasteiger partial charge in [-0.25, -0.2) is 0 Å². The third-order valence-corrected chi connectivity index (χ3v) is 3.72. The summed E-state index contributed by atoms with van der Waals surface area (Å²) in [6.07, 6.45) is 1.09. The molecule has 0 bridgehead atoms. The highest BCUT2D eigenvalue weighted by atomic mass is 16.4. The summed E-state index contributed by atoms with van der Waals surface area (Å²) in [5, 5.41) is 39.6. The average molecular weight is 245 g/mol. The molecule has 1 rings (SSSR count). The molecule has 1 saturated heterocycles. The highest BCUT2D eigenvalue weighted by Gasteiger charge is 2.58. The van der Waals surface area contributed by atoms with Crippen molar-refractivity contribution in [2.24, 2.45) is 5.41 Å². The predicted octanol–water partition coefficient (Wildman–Crippen LogP) is -0.947. The summed E-state index contributed by atoms with van der Waals surface area (Å²) in [6, 6.07) is -0.779. The van der Waals surface area contributed by atoms with E-state index in [0.717, 1.165) is 0 Å². The predicted molar refractivity (Wildman–Crippen MR) is 62.4 cm³/mol. The van der Waals surface area contributed by atoms with Gasteiger partial charge < -0.3 is 25.6 Å². The second-order valence-electron chi connectivity index (χ2n) is 5.24. The fourth-order valence-electron chi connectivity index (χ4n) is 2.48. The Hall–Kier alpha value is -0.625. The van der Waals surface area contributed by atoms with E-state index in [1.165, 1.54) is 0 Å². The number of carboxylic acid groups (broad SMARTS) is 1. The molecule has 0 saturated carbocycles. The molecule has 1 fully saturated rings. The molecule has 0 aromatic heterocycles. The molecule has 0 aliphatic carbocycles. The molecule has 0 aromatic rings. The monoisotopic (exact) mass is 245 g/mol. The van der Waals surface area contributed by atoms with Crippen LogP contribution in [0.2, 0.25) is 6.32 Å². The molecule has 0 amide bonds. The van der Waals surface area contributed by atoms with Gasteiger partial charge in [-0.2, -0.15) is 0 Å². The first-order valence-corrected chi connectivity index (χ1v) is 5.75. The van der Waals surface area contributed by atoms with Crippen molar-refractivity contribution in [1.29, 1.82) is 0 Å². The molecule has 7 heteroatoms. The van der Waals surface area contributed by atoms with E-state index in [1.807, 2.05) is 0 Å². The number of carboxylic acids is 1. The van der Waals surface area contributed by atoms with Crippen molar-refractivity contribution in [2.75, 3.05) is 6.54 Å². The number of nitrogens with one attached hydrogen (secondary N) is 1. The van der Waals surface area contributed by atoms with E-state index in [1.54, 1.807) is 13.8 Å². The Kier molecular flexibility index (Phi) is 4.19. The molecule has 98 valence electrons. The molecular weight excluding hydrogens is 225 g/mol. The van der Waals surface area contributed by atoms with Crippen LogP contribution < -0.4 is 5.32 Å². The van der Waals surface area contributed by atoms with E-state index in [0.29, 0.717) is 19.4 Å².